The molecule has 1 atom stereocenters. The van der Waals surface area contributed by atoms with E-state index in [2.05, 4.69) is 15.5 Å². The van der Waals surface area contributed by atoms with E-state index in [1.165, 1.54) is 0 Å². The SMILES string of the molecule is CCC(OC)c1noc(NC)n1. The first-order valence-corrected chi connectivity index (χ1v) is 3.86. The topological polar surface area (TPSA) is 60.2 Å². The van der Waals surface area contributed by atoms with Crippen LogP contribution in [0.5, 0.6) is 0 Å². The molecule has 0 bridgehead atoms. The van der Waals surface area contributed by atoms with Gasteiger partial charge in [-0.05, 0) is 6.42 Å². The lowest BCUT2D eigenvalue weighted by Crippen LogP contribution is -2.01. The minimum atomic E-state index is -0.0733. The van der Waals surface area contributed by atoms with Gasteiger partial charge in [0, 0.05) is 14.2 Å². The van der Waals surface area contributed by atoms with Gasteiger partial charge in [-0.15, -0.1) is 0 Å². The monoisotopic (exact) mass is 171 g/mol. The quantitative estimate of drug-likeness (QED) is 0.737. The van der Waals surface area contributed by atoms with Crippen molar-refractivity contribution in [1.82, 2.24) is 10.1 Å². The van der Waals surface area contributed by atoms with Crippen LogP contribution in [0.3, 0.4) is 0 Å². The Morgan fingerprint density at radius 1 is 1.67 bits per heavy atom. The van der Waals surface area contributed by atoms with Crippen LogP contribution in [0.2, 0.25) is 0 Å². The van der Waals surface area contributed by atoms with E-state index >= 15 is 0 Å². The molecule has 1 aromatic rings. The Morgan fingerprint density at radius 3 is 2.83 bits per heavy atom. The second-order valence-electron chi connectivity index (χ2n) is 2.34. The molecule has 0 fully saturated rings. The summed E-state index contributed by atoms with van der Waals surface area (Å²) in [5, 5.41) is 6.51. The zero-order valence-electron chi connectivity index (χ0n) is 7.50. The zero-order chi connectivity index (χ0) is 8.97. The van der Waals surface area contributed by atoms with Crippen molar-refractivity contribution in [2.45, 2.75) is 19.4 Å². The summed E-state index contributed by atoms with van der Waals surface area (Å²) in [5.41, 5.74) is 0. The Balaban J connectivity index is 2.72. The van der Waals surface area contributed by atoms with Crippen molar-refractivity contribution in [3.8, 4) is 0 Å². The van der Waals surface area contributed by atoms with Gasteiger partial charge >= 0.3 is 6.01 Å². The van der Waals surface area contributed by atoms with E-state index in [9.17, 15) is 0 Å². The number of methoxy groups -OCH3 is 1. The van der Waals surface area contributed by atoms with Crippen molar-refractivity contribution in [1.29, 1.82) is 0 Å². The summed E-state index contributed by atoms with van der Waals surface area (Å²) in [5.74, 6) is 0.587. The summed E-state index contributed by atoms with van der Waals surface area (Å²) in [4.78, 5) is 4.06. The van der Waals surface area contributed by atoms with Crippen molar-refractivity contribution in [2.24, 2.45) is 0 Å². The fourth-order valence-corrected chi connectivity index (χ4v) is 0.922. The molecule has 1 unspecified atom stereocenters. The number of nitrogens with one attached hydrogen (secondary N) is 1. The molecule has 12 heavy (non-hydrogen) atoms. The molecule has 5 nitrogen and oxygen atoms in total. The molecule has 0 aliphatic carbocycles. The Morgan fingerprint density at radius 2 is 2.42 bits per heavy atom. The number of ether oxygens (including phenoxy) is 1. The predicted molar refractivity (Wildman–Crippen MR) is 43.9 cm³/mol. The largest absolute Gasteiger partial charge is 0.373 e. The molecule has 0 amide bonds. The van der Waals surface area contributed by atoms with Gasteiger partial charge in [-0.25, -0.2) is 0 Å². The van der Waals surface area contributed by atoms with E-state index in [1.54, 1.807) is 14.2 Å². The third-order valence-corrected chi connectivity index (χ3v) is 1.60. The molecule has 68 valence electrons. The van der Waals surface area contributed by atoms with Crippen molar-refractivity contribution in [3.05, 3.63) is 5.82 Å². The Kier molecular flexibility index (Phi) is 3.04. The van der Waals surface area contributed by atoms with Crippen LogP contribution in [0.4, 0.5) is 6.01 Å². The van der Waals surface area contributed by atoms with Crippen LogP contribution in [-0.4, -0.2) is 24.3 Å². The molecule has 0 aliphatic heterocycles. The first kappa shape index (κ1) is 8.99. The summed E-state index contributed by atoms with van der Waals surface area (Å²) in [6, 6.07) is 0.417. The fourth-order valence-electron chi connectivity index (χ4n) is 0.922. The third-order valence-electron chi connectivity index (χ3n) is 1.60. The Hall–Kier alpha value is -1.10. The average Bonchev–Trinajstić information content (AvgIpc) is 2.55. The first-order chi connectivity index (χ1) is 5.81. The molecule has 0 spiro atoms. The van der Waals surface area contributed by atoms with Crippen molar-refractivity contribution >= 4 is 6.01 Å². The van der Waals surface area contributed by atoms with Gasteiger partial charge in [-0.3, -0.25) is 0 Å². The highest BCUT2D eigenvalue weighted by molar-refractivity contribution is 5.16. The van der Waals surface area contributed by atoms with Crippen LogP contribution in [0.25, 0.3) is 0 Å². The normalized spacial score (nSPS) is 12.9. The molecule has 0 aliphatic rings. The number of rotatable bonds is 4. The van der Waals surface area contributed by atoms with Crippen LogP contribution < -0.4 is 5.32 Å². The van der Waals surface area contributed by atoms with Crippen LogP contribution >= 0.6 is 0 Å². The lowest BCUT2D eigenvalue weighted by molar-refractivity contribution is 0.0903. The van der Waals surface area contributed by atoms with E-state index in [-0.39, 0.29) is 6.10 Å². The average molecular weight is 171 g/mol. The van der Waals surface area contributed by atoms with Gasteiger partial charge in [-0.1, -0.05) is 12.1 Å². The van der Waals surface area contributed by atoms with E-state index in [1.807, 2.05) is 6.92 Å². The third kappa shape index (κ3) is 1.73. The molecular formula is C7H13N3O2. The van der Waals surface area contributed by atoms with Gasteiger partial charge in [0.25, 0.3) is 0 Å². The minimum Gasteiger partial charge on any atom is -0.373 e. The first-order valence-electron chi connectivity index (χ1n) is 3.86. The van der Waals surface area contributed by atoms with Gasteiger partial charge in [0.2, 0.25) is 5.82 Å². The van der Waals surface area contributed by atoms with Crippen LogP contribution in [-0.2, 0) is 4.74 Å². The predicted octanol–water partition coefficient (Wildman–Crippen LogP) is 1.21. The van der Waals surface area contributed by atoms with Crippen LogP contribution in [0.1, 0.15) is 25.3 Å². The molecule has 1 N–H and O–H groups in total. The molecule has 5 heteroatoms. The minimum absolute atomic E-state index is 0.0733. The lowest BCUT2D eigenvalue weighted by Gasteiger charge is -2.05. The molecule has 0 saturated carbocycles. The molecule has 0 aromatic carbocycles. The summed E-state index contributed by atoms with van der Waals surface area (Å²) in [7, 11) is 3.36. The fraction of sp³-hybridized carbons (Fsp3) is 0.714. The maximum Gasteiger partial charge on any atom is 0.321 e. The highest BCUT2D eigenvalue weighted by Crippen LogP contribution is 2.17. The smallest absolute Gasteiger partial charge is 0.321 e. The number of anilines is 1. The summed E-state index contributed by atoms with van der Waals surface area (Å²) < 4.78 is 9.98. The van der Waals surface area contributed by atoms with Gasteiger partial charge in [0.15, 0.2) is 0 Å². The van der Waals surface area contributed by atoms with Crippen molar-refractivity contribution in [2.75, 3.05) is 19.5 Å². The van der Waals surface area contributed by atoms with E-state index in [0.717, 1.165) is 6.42 Å². The lowest BCUT2D eigenvalue weighted by atomic mass is 10.3. The maximum atomic E-state index is 5.13. The molecule has 0 saturated heterocycles. The van der Waals surface area contributed by atoms with Crippen molar-refractivity contribution in [3.63, 3.8) is 0 Å². The molecule has 1 heterocycles. The van der Waals surface area contributed by atoms with Gasteiger partial charge < -0.3 is 14.6 Å². The highest BCUT2D eigenvalue weighted by Gasteiger charge is 2.14. The van der Waals surface area contributed by atoms with Crippen LogP contribution in [0, 0.1) is 0 Å². The second-order valence-corrected chi connectivity index (χ2v) is 2.34. The summed E-state index contributed by atoms with van der Waals surface area (Å²) >= 11 is 0. The maximum absolute atomic E-state index is 5.13. The van der Waals surface area contributed by atoms with Gasteiger partial charge in [-0.2, -0.15) is 4.98 Å². The molecule has 1 aromatic heterocycles. The van der Waals surface area contributed by atoms with E-state index in [4.69, 9.17) is 9.26 Å². The van der Waals surface area contributed by atoms with Crippen LogP contribution in [0.15, 0.2) is 4.52 Å². The molecule has 0 radical (unpaired) electrons. The van der Waals surface area contributed by atoms with Gasteiger partial charge in [0.05, 0.1) is 0 Å². The molecular weight excluding hydrogens is 158 g/mol. The second kappa shape index (κ2) is 4.06. The number of nitrogens with zero attached hydrogens (tertiary/aromatic N) is 2. The Labute approximate surface area is 71.1 Å². The summed E-state index contributed by atoms with van der Waals surface area (Å²) in [6.45, 7) is 2.00. The summed E-state index contributed by atoms with van der Waals surface area (Å²) in [6.07, 6.45) is 0.759. The molecule has 1 rings (SSSR count). The van der Waals surface area contributed by atoms with E-state index < -0.39 is 0 Å². The van der Waals surface area contributed by atoms with E-state index in [0.29, 0.717) is 11.8 Å². The highest BCUT2D eigenvalue weighted by atomic mass is 16.5. The van der Waals surface area contributed by atoms with Gasteiger partial charge in [0.1, 0.15) is 6.10 Å². The van der Waals surface area contributed by atoms with Crippen molar-refractivity contribution < 1.29 is 9.26 Å². The number of aromatic nitrogens is 2. The number of hydrogen-bond donors (Lipinski definition) is 1. The number of hydrogen-bond acceptors (Lipinski definition) is 5. The Bertz CT molecular complexity index is 232. The zero-order valence-corrected chi connectivity index (χ0v) is 7.50. The standard InChI is InChI=1S/C7H13N3O2/c1-4-5(11-3)6-9-7(8-2)12-10-6/h5H,4H2,1-3H3,(H,8,9,10).